The van der Waals surface area contributed by atoms with E-state index < -0.39 is 0 Å². The summed E-state index contributed by atoms with van der Waals surface area (Å²) in [6.07, 6.45) is 8.01. The Balaban J connectivity index is 1.99. The van der Waals surface area contributed by atoms with E-state index in [1.807, 2.05) is 0 Å². The average molecular weight is 313 g/mol. The lowest BCUT2D eigenvalue weighted by Gasteiger charge is -2.12. The second-order valence-corrected chi connectivity index (χ2v) is 5.97. The van der Waals surface area contributed by atoms with Gasteiger partial charge < -0.3 is 0 Å². The Morgan fingerprint density at radius 1 is 1.22 bits per heavy atom. The molecule has 1 nitrogen and oxygen atoms in total. The normalized spacial score (nSPS) is 17.4. The van der Waals surface area contributed by atoms with E-state index in [2.05, 4.69) is 15.9 Å². The van der Waals surface area contributed by atoms with Crippen LogP contribution in [0.2, 0.25) is 0 Å². The zero-order chi connectivity index (χ0) is 13.0. The topological polar surface area (TPSA) is 17.1 Å². The largest absolute Gasteiger partial charge is 0.294 e. The van der Waals surface area contributed by atoms with Crippen molar-refractivity contribution in [3.8, 4) is 0 Å². The molecular formula is C15H18BrFO. The molecule has 0 saturated heterocycles. The summed E-state index contributed by atoms with van der Waals surface area (Å²) < 4.78 is 13.5. The van der Waals surface area contributed by atoms with Gasteiger partial charge in [-0.3, -0.25) is 4.79 Å². The Kier molecular flexibility index (Phi) is 4.93. The highest BCUT2D eigenvalue weighted by Gasteiger charge is 2.17. The standard InChI is InChI=1S/C15H18BrFO/c16-13-10-12(7-8-14(13)17)15(18)9-11-5-3-1-2-4-6-11/h7-8,10-11H,1-6,9H2. The third kappa shape index (κ3) is 3.64. The van der Waals surface area contributed by atoms with Crippen molar-refractivity contribution in [1.29, 1.82) is 0 Å². The number of hydrogen-bond acceptors (Lipinski definition) is 1. The molecule has 0 amide bonds. The molecule has 1 aromatic carbocycles. The molecule has 1 aliphatic rings. The van der Waals surface area contributed by atoms with Gasteiger partial charge in [-0.05, 0) is 40.0 Å². The molecule has 1 fully saturated rings. The third-order valence-corrected chi connectivity index (χ3v) is 4.30. The number of halogens is 2. The summed E-state index contributed by atoms with van der Waals surface area (Å²) in [4.78, 5) is 12.1. The quantitative estimate of drug-likeness (QED) is 0.558. The number of ketones is 1. The molecule has 0 aromatic heterocycles. The zero-order valence-corrected chi connectivity index (χ0v) is 12.0. The molecule has 18 heavy (non-hydrogen) atoms. The van der Waals surface area contributed by atoms with E-state index in [0.717, 1.165) is 12.8 Å². The molecule has 0 radical (unpaired) electrons. The van der Waals surface area contributed by atoms with Gasteiger partial charge in [0.2, 0.25) is 0 Å². The van der Waals surface area contributed by atoms with Gasteiger partial charge in [0.1, 0.15) is 5.82 Å². The monoisotopic (exact) mass is 312 g/mol. The zero-order valence-electron chi connectivity index (χ0n) is 10.4. The second-order valence-electron chi connectivity index (χ2n) is 5.11. The molecule has 1 aliphatic carbocycles. The molecule has 0 N–H and O–H groups in total. The summed E-state index contributed by atoms with van der Waals surface area (Å²) in [6, 6.07) is 4.53. The number of carbonyl (C=O) groups is 1. The number of hydrogen-bond donors (Lipinski definition) is 0. The van der Waals surface area contributed by atoms with Crippen molar-refractivity contribution < 1.29 is 9.18 Å². The average Bonchev–Trinajstić information content (AvgIpc) is 2.61. The molecule has 1 aromatic rings. The highest BCUT2D eigenvalue weighted by Crippen LogP contribution is 2.27. The van der Waals surface area contributed by atoms with Crippen molar-refractivity contribution in [2.24, 2.45) is 5.92 Å². The van der Waals surface area contributed by atoms with Crippen LogP contribution < -0.4 is 0 Å². The summed E-state index contributed by atoms with van der Waals surface area (Å²) in [7, 11) is 0. The maximum atomic E-state index is 13.1. The smallest absolute Gasteiger partial charge is 0.163 e. The highest BCUT2D eigenvalue weighted by molar-refractivity contribution is 9.10. The molecule has 0 atom stereocenters. The summed E-state index contributed by atoms with van der Waals surface area (Å²) in [5, 5.41) is 0. The predicted molar refractivity (Wildman–Crippen MR) is 74.2 cm³/mol. The van der Waals surface area contributed by atoms with E-state index in [-0.39, 0.29) is 11.6 Å². The van der Waals surface area contributed by atoms with E-state index >= 15 is 0 Å². The molecule has 0 heterocycles. The fourth-order valence-corrected chi connectivity index (χ4v) is 3.00. The molecular weight excluding hydrogens is 295 g/mol. The van der Waals surface area contributed by atoms with Crippen LogP contribution in [-0.4, -0.2) is 5.78 Å². The first-order valence-corrected chi connectivity index (χ1v) is 7.44. The summed E-state index contributed by atoms with van der Waals surface area (Å²) >= 11 is 3.12. The van der Waals surface area contributed by atoms with E-state index in [1.54, 1.807) is 12.1 Å². The summed E-state index contributed by atoms with van der Waals surface area (Å²) in [5.41, 5.74) is 0.618. The Morgan fingerprint density at radius 3 is 2.50 bits per heavy atom. The first kappa shape index (κ1) is 13.7. The Hall–Kier alpha value is -0.700. The van der Waals surface area contributed by atoms with E-state index in [0.29, 0.717) is 22.4 Å². The van der Waals surface area contributed by atoms with Gasteiger partial charge in [0.05, 0.1) is 4.47 Å². The Labute approximate surface area is 116 Å². The SMILES string of the molecule is O=C(CC1CCCCCC1)c1ccc(F)c(Br)c1. The van der Waals surface area contributed by atoms with Gasteiger partial charge in [-0.1, -0.05) is 38.5 Å². The lowest BCUT2D eigenvalue weighted by molar-refractivity contribution is 0.0957. The van der Waals surface area contributed by atoms with Crippen molar-refractivity contribution in [2.75, 3.05) is 0 Å². The van der Waals surface area contributed by atoms with Crippen LogP contribution in [-0.2, 0) is 0 Å². The van der Waals surface area contributed by atoms with Crippen molar-refractivity contribution >= 4 is 21.7 Å². The molecule has 0 unspecified atom stereocenters. The molecule has 1 saturated carbocycles. The fraction of sp³-hybridized carbons (Fsp3) is 0.533. The minimum Gasteiger partial charge on any atom is -0.294 e. The van der Waals surface area contributed by atoms with Crippen LogP contribution >= 0.6 is 15.9 Å². The van der Waals surface area contributed by atoms with Gasteiger partial charge in [0.25, 0.3) is 0 Å². The fourth-order valence-electron chi connectivity index (χ4n) is 2.62. The minimum atomic E-state index is -0.319. The highest BCUT2D eigenvalue weighted by atomic mass is 79.9. The van der Waals surface area contributed by atoms with E-state index in [1.165, 1.54) is 31.7 Å². The maximum absolute atomic E-state index is 13.1. The van der Waals surface area contributed by atoms with Crippen molar-refractivity contribution in [3.63, 3.8) is 0 Å². The number of carbonyl (C=O) groups excluding carboxylic acids is 1. The number of rotatable bonds is 3. The third-order valence-electron chi connectivity index (χ3n) is 3.69. The number of benzene rings is 1. The van der Waals surface area contributed by atoms with Crippen molar-refractivity contribution in [2.45, 2.75) is 44.9 Å². The maximum Gasteiger partial charge on any atom is 0.163 e. The molecule has 0 bridgehead atoms. The van der Waals surface area contributed by atoms with Gasteiger partial charge >= 0.3 is 0 Å². The van der Waals surface area contributed by atoms with Crippen molar-refractivity contribution in [3.05, 3.63) is 34.1 Å². The van der Waals surface area contributed by atoms with Gasteiger partial charge in [-0.2, -0.15) is 0 Å². The van der Waals surface area contributed by atoms with Crippen molar-refractivity contribution in [1.82, 2.24) is 0 Å². The van der Waals surface area contributed by atoms with Crippen LogP contribution in [0, 0.1) is 11.7 Å². The van der Waals surface area contributed by atoms with Gasteiger partial charge in [-0.25, -0.2) is 4.39 Å². The van der Waals surface area contributed by atoms with Crippen LogP contribution in [0.15, 0.2) is 22.7 Å². The summed E-state index contributed by atoms with van der Waals surface area (Å²) in [5.74, 6) is 0.340. The Bertz CT molecular complexity index is 423. The molecule has 0 aliphatic heterocycles. The van der Waals surface area contributed by atoms with Crippen LogP contribution in [0.1, 0.15) is 55.3 Å². The predicted octanol–water partition coefficient (Wildman–Crippen LogP) is 5.13. The molecule has 0 spiro atoms. The lowest BCUT2D eigenvalue weighted by Crippen LogP contribution is -2.08. The lowest BCUT2D eigenvalue weighted by atomic mass is 9.92. The van der Waals surface area contributed by atoms with Crippen LogP contribution in [0.3, 0.4) is 0 Å². The first-order valence-electron chi connectivity index (χ1n) is 6.65. The van der Waals surface area contributed by atoms with Gasteiger partial charge in [0.15, 0.2) is 5.78 Å². The van der Waals surface area contributed by atoms with Gasteiger partial charge in [-0.15, -0.1) is 0 Å². The van der Waals surface area contributed by atoms with Crippen LogP contribution in [0.4, 0.5) is 4.39 Å². The second kappa shape index (κ2) is 6.46. The first-order chi connectivity index (χ1) is 8.66. The minimum absolute atomic E-state index is 0.141. The number of Topliss-reactive ketones (excluding diaryl/α,β-unsaturated/α-hetero) is 1. The Morgan fingerprint density at radius 2 is 1.89 bits per heavy atom. The van der Waals surface area contributed by atoms with Crippen LogP contribution in [0.25, 0.3) is 0 Å². The van der Waals surface area contributed by atoms with Gasteiger partial charge in [0, 0.05) is 12.0 Å². The summed E-state index contributed by atoms with van der Waals surface area (Å²) in [6.45, 7) is 0. The van der Waals surface area contributed by atoms with E-state index in [9.17, 15) is 9.18 Å². The molecule has 3 heteroatoms. The molecule has 98 valence electrons. The van der Waals surface area contributed by atoms with E-state index in [4.69, 9.17) is 0 Å². The van der Waals surface area contributed by atoms with Crippen LogP contribution in [0.5, 0.6) is 0 Å². The molecule has 2 rings (SSSR count).